The van der Waals surface area contributed by atoms with E-state index < -0.39 is 11.8 Å². The van der Waals surface area contributed by atoms with E-state index in [1.165, 1.54) is 11.3 Å². The van der Waals surface area contributed by atoms with E-state index in [9.17, 15) is 19.2 Å². The maximum absolute atomic E-state index is 13.1. The van der Waals surface area contributed by atoms with Crippen LogP contribution in [0.5, 0.6) is 0 Å². The molecule has 238 valence electrons. The summed E-state index contributed by atoms with van der Waals surface area (Å²) < 4.78 is 5.49. The van der Waals surface area contributed by atoms with Gasteiger partial charge in [0, 0.05) is 87.3 Å². The first-order valence-corrected chi connectivity index (χ1v) is 17.1. The fourth-order valence-corrected chi connectivity index (χ4v) is 7.51. The molecule has 0 aromatic carbocycles. The Morgan fingerprint density at radius 2 is 1.24 bits per heavy atom. The third-order valence-corrected chi connectivity index (χ3v) is 10.8. The van der Waals surface area contributed by atoms with E-state index in [4.69, 9.17) is 11.6 Å². The average Bonchev–Trinajstić information content (AvgIpc) is 3.75. The lowest BCUT2D eigenvalue weighted by Gasteiger charge is -2.25. The zero-order valence-corrected chi connectivity index (χ0v) is 28.8. The molecule has 4 amide bonds. The Kier molecular flexibility index (Phi) is 10.4. The number of nitrogens with one attached hydrogen (secondary N) is 4. The number of halogens is 2. The molecular weight excluding hydrogens is 704 g/mol. The predicted molar refractivity (Wildman–Crippen MR) is 183 cm³/mol. The summed E-state index contributed by atoms with van der Waals surface area (Å²) in [5, 5.41) is 13.4. The Morgan fingerprint density at radius 3 is 1.71 bits per heavy atom. The molecule has 0 aliphatic carbocycles. The molecule has 4 N–H and O–H groups in total. The van der Waals surface area contributed by atoms with E-state index in [0.717, 1.165) is 31.1 Å². The fraction of sp³-hybridized carbons (Fsp3) is 0.310. The van der Waals surface area contributed by atoms with Crippen LogP contribution in [0, 0.1) is 0 Å². The van der Waals surface area contributed by atoms with Crippen molar-refractivity contribution in [3.63, 3.8) is 0 Å². The van der Waals surface area contributed by atoms with Gasteiger partial charge < -0.3 is 35.0 Å². The molecule has 12 nitrogen and oxygen atoms in total. The van der Waals surface area contributed by atoms with Crippen molar-refractivity contribution in [3.8, 4) is 0 Å². The third kappa shape index (κ3) is 7.84. The third-order valence-electron chi connectivity index (χ3n) is 7.20. The number of aryl methyl sites for hydroxylation is 3. The maximum Gasteiger partial charge on any atom is 0.272 e. The van der Waals surface area contributed by atoms with Crippen LogP contribution in [-0.4, -0.2) is 79.9 Å². The molecule has 0 saturated carbocycles. The molecule has 5 rings (SSSR count). The quantitative estimate of drug-likeness (QED) is 0.187. The van der Waals surface area contributed by atoms with Gasteiger partial charge >= 0.3 is 0 Å². The largest absolute Gasteiger partial charge is 0.349 e. The highest BCUT2D eigenvalue weighted by Crippen LogP contribution is 2.32. The number of hydrogen-bond acceptors (Lipinski definition) is 7. The highest BCUT2D eigenvalue weighted by Gasteiger charge is 2.21. The van der Waals surface area contributed by atoms with Crippen molar-refractivity contribution in [2.45, 2.75) is 0 Å². The van der Waals surface area contributed by atoms with Gasteiger partial charge in [0.15, 0.2) is 0 Å². The van der Waals surface area contributed by atoms with Gasteiger partial charge in [0.25, 0.3) is 23.6 Å². The summed E-state index contributed by atoms with van der Waals surface area (Å²) in [7, 11) is 5.13. The van der Waals surface area contributed by atoms with Crippen LogP contribution in [0.1, 0.15) is 41.1 Å². The number of thioether (sulfide) groups is 1. The number of anilines is 3. The second-order valence-electron chi connectivity index (χ2n) is 10.5. The molecule has 0 unspecified atom stereocenters. The number of aromatic nitrogens is 3. The lowest BCUT2D eigenvalue weighted by molar-refractivity contribution is 0.0938. The number of thiophene rings is 1. The number of carbonyl (C=O) groups is 4. The average molecular weight is 736 g/mol. The molecule has 1 fully saturated rings. The van der Waals surface area contributed by atoms with Crippen LogP contribution in [0.2, 0.25) is 5.02 Å². The summed E-state index contributed by atoms with van der Waals surface area (Å²) >= 11 is 12.6. The molecule has 0 spiro atoms. The molecule has 1 aliphatic heterocycles. The first-order valence-electron chi connectivity index (χ1n) is 13.9. The smallest absolute Gasteiger partial charge is 0.272 e. The summed E-state index contributed by atoms with van der Waals surface area (Å²) in [5.74, 6) is 0.811. The Morgan fingerprint density at radius 1 is 0.778 bits per heavy atom. The van der Waals surface area contributed by atoms with E-state index in [-0.39, 0.29) is 11.8 Å². The SMILES string of the molecule is Cn1cc(NC(=O)c2cc(NC(=O)c3cc(NC(=O)c4scc(Br)c4Cl)cn3C)cn2C)cc1C(=O)NCCN1CCSCC1. The Bertz CT molecular complexity index is 1750. The van der Waals surface area contributed by atoms with Gasteiger partial charge in [0.1, 0.15) is 22.0 Å². The Hall–Kier alpha value is -3.50. The molecule has 1 saturated heterocycles. The molecule has 0 radical (unpaired) electrons. The lowest BCUT2D eigenvalue weighted by Crippen LogP contribution is -2.39. The van der Waals surface area contributed by atoms with Crippen molar-refractivity contribution in [2.75, 3.05) is 53.6 Å². The predicted octanol–water partition coefficient (Wildman–Crippen LogP) is 4.72. The monoisotopic (exact) mass is 734 g/mol. The summed E-state index contributed by atoms with van der Waals surface area (Å²) in [4.78, 5) is 54.3. The van der Waals surface area contributed by atoms with Gasteiger partial charge in [-0.2, -0.15) is 11.8 Å². The number of hydrogen-bond donors (Lipinski definition) is 4. The van der Waals surface area contributed by atoms with Crippen molar-refractivity contribution in [1.29, 1.82) is 0 Å². The van der Waals surface area contributed by atoms with Crippen molar-refractivity contribution in [3.05, 3.63) is 73.6 Å². The summed E-state index contributed by atoms with van der Waals surface area (Å²) in [6.45, 7) is 3.42. The van der Waals surface area contributed by atoms with Crippen LogP contribution < -0.4 is 21.3 Å². The second kappa shape index (κ2) is 14.3. The number of amides is 4. The summed E-state index contributed by atoms with van der Waals surface area (Å²) in [5.41, 5.74) is 2.35. The number of carbonyl (C=O) groups excluding carboxylic acids is 4. The molecular formula is C29H32BrClN8O4S2. The molecule has 16 heteroatoms. The van der Waals surface area contributed by atoms with Gasteiger partial charge in [-0.1, -0.05) is 11.6 Å². The minimum atomic E-state index is -0.426. The Labute approximate surface area is 281 Å². The van der Waals surface area contributed by atoms with Crippen molar-refractivity contribution >= 4 is 91.3 Å². The van der Waals surface area contributed by atoms with Crippen LogP contribution in [0.3, 0.4) is 0 Å². The van der Waals surface area contributed by atoms with E-state index in [1.807, 2.05) is 11.8 Å². The van der Waals surface area contributed by atoms with Crippen LogP contribution in [-0.2, 0) is 21.1 Å². The van der Waals surface area contributed by atoms with Gasteiger partial charge in [0.2, 0.25) is 0 Å². The molecule has 45 heavy (non-hydrogen) atoms. The molecule has 4 aromatic heterocycles. The van der Waals surface area contributed by atoms with Crippen LogP contribution >= 0.6 is 50.6 Å². The van der Waals surface area contributed by atoms with Gasteiger partial charge in [0.05, 0.1) is 22.1 Å². The standard InChI is InChI=1S/C29H32BrClN8O4S2/c1-36-13-17(10-21(36)26(40)32-4-5-39-6-8-44-9-7-39)33-27(41)22-11-18(14-37(22)2)34-28(42)23-12-19(15-38(23)3)35-29(43)25-24(31)20(30)16-45-25/h10-16H,4-9H2,1-3H3,(H,32,40)(H,33,41)(H,34,42)(H,35,43). The fourth-order valence-electron chi connectivity index (χ4n) is 4.87. The van der Waals surface area contributed by atoms with Crippen molar-refractivity contribution < 1.29 is 19.2 Å². The van der Waals surface area contributed by atoms with Gasteiger partial charge in [-0.15, -0.1) is 11.3 Å². The number of nitrogens with zero attached hydrogens (tertiary/aromatic N) is 4. The topological polar surface area (TPSA) is 134 Å². The van der Waals surface area contributed by atoms with Gasteiger partial charge in [-0.3, -0.25) is 24.1 Å². The molecule has 4 aromatic rings. The minimum Gasteiger partial charge on any atom is -0.349 e. The highest BCUT2D eigenvalue weighted by molar-refractivity contribution is 9.10. The zero-order valence-electron chi connectivity index (χ0n) is 24.8. The van der Waals surface area contributed by atoms with Gasteiger partial charge in [-0.05, 0) is 34.1 Å². The molecule has 5 heterocycles. The van der Waals surface area contributed by atoms with Crippen LogP contribution in [0.15, 0.2) is 46.6 Å². The second-order valence-corrected chi connectivity index (χ2v) is 13.8. The summed E-state index contributed by atoms with van der Waals surface area (Å²) in [6.07, 6.45) is 4.92. The van der Waals surface area contributed by atoms with Crippen molar-refractivity contribution in [1.82, 2.24) is 23.9 Å². The number of rotatable bonds is 10. The maximum atomic E-state index is 13.1. The van der Waals surface area contributed by atoms with E-state index in [1.54, 1.807) is 77.0 Å². The normalized spacial score (nSPS) is 13.4. The van der Waals surface area contributed by atoms with E-state index in [2.05, 4.69) is 42.1 Å². The molecule has 0 bridgehead atoms. The van der Waals surface area contributed by atoms with Crippen LogP contribution in [0.25, 0.3) is 0 Å². The first kappa shape index (κ1) is 32.9. The minimum absolute atomic E-state index is 0.208. The van der Waals surface area contributed by atoms with Gasteiger partial charge in [-0.25, -0.2) is 0 Å². The summed E-state index contributed by atoms with van der Waals surface area (Å²) in [6, 6.07) is 4.74. The lowest BCUT2D eigenvalue weighted by atomic mass is 10.3. The van der Waals surface area contributed by atoms with E-state index >= 15 is 0 Å². The van der Waals surface area contributed by atoms with Crippen LogP contribution in [0.4, 0.5) is 17.1 Å². The zero-order chi connectivity index (χ0) is 32.2. The highest BCUT2D eigenvalue weighted by atomic mass is 79.9. The van der Waals surface area contributed by atoms with E-state index in [0.29, 0.717) is 55.1 Å². The molecule has 1 aliphatic rings. The van der Waals surface area contributed by atoms with Crippen molar-refractivity contribution in [2.24, 2.45) is 21.1 Å². The first-order chi connectivity index (χ1) is 21.5. The Balaban J connectivity index is 1.17. The molecule has 0 atom stereocenters.